The summed E-state index contributed by atoms with van der Waals surface area (Å²) in [6.45, 7) is 5.15. The second-order valence-electron chi connectivity index (χ2n) is 5.69. The van der Waals surface area contributed by atoms with Gasteiger partial charge in [-0.15, -0.1) is 6.58 Å². The normalized spacial score (nSPS) is 15.2. The maximum Gasteiger partial charge on any atom is 0.254 e. The van der Waals surface area contributed by atoms with Crippen LogP contribution in [-0.4, -0.2) is 23.9 Å². The fourth-order valence-electron chi connectivity index (χ4n) is 2.95. The second-order valence-corrected chi connectivity index (χ2v) is 5.69. The van der Waals surface area contributed by atoms with Crippen molar-refractivity contribution in [2.24, 2.45) is 5.92 Å². The van der Waals surface area contributed by atoms with E-state index in [4.69, 9.17) is 5.26 Å². The predicted molar refractivity (Wildman–Crippen MR) is 83.8 cm³/mol. The van der Waals surface area contributed by atoms with Gasteiger partial charge in [0.15, 0.2) is 0 Å². The number of rotatable bonds is 5. The number of carbonyl (C=O) groups excluding carboxylic acids is 1. The van der Waals surface area contributed by atoms with E-state index in [9.17, 15) is 4.79 Å². The third-order valence-electron chi connectivity index (χ3n) is 4.10. The zero-order chi connectivity index (χ0) is 15.1. The van der Waals surface area contributed by atoms with E-state index in [-0.39, 0.29) is 5.91 Å². The molecule has 1 fully saturated rings. The van der Waals surface area contributed by atoms with E-state index < -0.39 is 0 Å². The predicted octanol–water partition coefficient (Wildman–Crippen LogP) is 3.77. The minimum absolute atomic E-state index is 0.0324. The van der Waals surface area contributed by atoms with E-state index in [1.54, 1.807) is 30.3 Å². The number of amides is 1. The summed E-state index contributed by atoms with van der Waals surface area (Å²) in [4.78, 5) is 14.5. The number of nitriles is 1. The molecule has 0 bridgehead atoms. The minimum Gasteiger partial charge on any atom is -0.335 e. The molecule has 0 N–H and O–H groups in total. The molecule has 21 heavy (non-hydrogen) atoms. The van der Waals surface area contributed by atoms with Gasteiger partial charge in [-0.05, 0) is 43.0 Å². The molecule has 1 aliphatic carbocycles. The topological polar surface area (TPSA) is 44.1 Å². The van der Waals surface area contributed by atoms with Gasteiger partial charge in [-0.1, -0.05) is 25.3 Å². The van der Waals surface area contributed by atoms with E-state index in [0.717, 1.165) is 6.54 Å². The van der Waals surface area contributed by atoms with Crippen LogP contribution in [0.25, 0.3) is 0 Å². The van der Waals surface area contributed by atoms with Crippen LogP contribution in [-0.2, 0) is 0 Å². The Morgan fingerprint density at radius 2 is 1.95 bits per heavy atom. The van der Waals surface area contributed by atoms with Crippen LogP contribution in [0.15, 0.2) is 36.9 Å². The first-order valence-electron chi connectivity index (χ1n) is 7.65. The lowest BCUT2D eigenvalue weighted by Gasteiger charge is -2.29. The highest BCUT2D eigenvalue weighted by Gasteiger charge is 2.21. The Kier molecular flexibility index (Phi) is 5.57. The molecule has 0 atom stereocenters. The zero-order valence-corrected chi connectivity index (χ0v) is 12.4. The minimum atomic E-state index is 0.0324. The first-order chi connectivity index (χ1) is 10.2. The average Bonchev–Trinajstić information content (AvgIpc) is 2.55. The highest BCUT2D eigenvalue weighted by molar-refractivity contribution is 5.94. The molecule has 0 aromatic heterocycles. The first kappa shape index (κ1) is 15.3. The van der Waals surface area contributed by atoms with Crippen molar-refractivity contribution in [3.63, 3.8) is 0 Å². The molecule has 1 aromatic rings. The Morgan fingerprint density at radius 3 is 2.52 bits per heavy atom. The summed E-state index contributed by atoms with van der Waals surface area (Å²) < 4.78 is 0. The van der Waals surface area contributed by atoms with E-state index >= 15 is 0 Å². The van der Waals surface area contributed by atoms with Crippen molar-refractivity contribution in [2.75, 3.05) is 13.1 Å². The third-order valence-corrected chi connectivity index (χ3v) is 4.10. The Labute approximate surface area is 126 Å². The van der Waals surface area contributed by atoms with Crippen LogP contribution in [0.1, 0.15) is 48.0 Å². The molecule has 0 unspecified atom stereocenters. The monoisotopic (exact) mass is 282 g/mol. The van der Waals surface area contributed by atoms with Crippen molar-refractivity contribution in [2.45, 2.75) is 32.1 Å². The first-order valence-corrected chi connectivity index (χ1v) is 7.65. The van der Waals surface area contributed by atoms with E-state index in [0.29, 0.717) is 23.6 Å². The van der Waals surface area contributed by atoms with Crippen LogP contribution < -0.4 is 0 Å². The lowest BCUT2D eigenvalue weighted by molar-refractivity contribution is 0.0735. The molecule has 1 aromatic carbocycles. The Hall–Kier alpha value is -2.08. The molecular weight excluding hydrogens is 260 g/mol. The molecule has 0 heterocycles. The van der Waals surface area contributed by atoms with Crippen molar-refractivity contribution in [3.05, 3.63) is 48.0 Å². The molecule has 3 heteroatoms. The summed E-state index contributed by atoms with van der Waals surface area (Å²) >= 11 is 0. The van der Waals surface area contributed by atoms with E-state index in [1.807, 2.05) is 4.90 Å². The summed E-state index contributed by atoms with van der Waals surface area (Å²) in [5.41, 5.74) is 1.22. The molecule has 0 radical (unpaired) electrons. The SMILES string of the molecule is C=CCN(CC1CCCCC1)C(=O)c1ccc(C#N)cc1. The Balaban J connectivity index is 2.06. The summed E-state index contributed by atoms with van der Waals surface area (Å²) in [6.07, 6.45) is 8.09. The van der Waals surface area contributed by atoms with Crippen molar-refractivity contribution in [1.82, 2.24) is 4.90 Å². The fourth-order valence-corrected chi connectivity index (χ4v) is 2.95. The highest BCUT2D eigenvalue weighted by Crippen LogP contribution is 2.25. The number of nitrogens with zero attached hydrogens (tertiary/aromatic N) is 2. The molecule has 0 aliphatic heterocycles. The third kappa shape index (κ3) is 4.19. The fraction of sp³-hybridized carbons (Fsp3) is 0.444. The van der Waals surface area contributed by atoms with Crippen LogP contribution in [0.5, 0.6) is 0 Å². The van der Waals surface area contributed by atoms with Gasteiger partial charge in [0.05, 0.1) is 11.6 Å². The average molecular weight is 282 g/mol. The number of carbonyl (C=O) groups is 1. The largest absolute Gasteiger partial charge is 0.335 e. The molecule has 110 valence electrons. The van der Waals surface area contributed by atoms with E-state index in [1.165, 1.54) is 32.1 Å². The van der Waals surface area contributed by atoms with Gasteiger partial charge in [0.25, 0.3) is 5.91 Å². The van der Waals surface area contributed by atoms with Gasteiger partial charge in [0.2, 0.25) is 0 Å². The molecule has 1 amide bonds. The van der Waals surface area contributed by atoms with Gasteiger partial charge in [-0.25, -0.2) is 0 Å². The molecule has 0 saturated heterocycles. The number of benzene rings is 1. The van der Waals surface area contributed by atoms with E-state index in [2.05, 4.69) is 12.6 Å². The van der Waals surface area contributed by atoms with Crippen molar-refractivity contribution in [1.29, 1.82) is 5.26 Å². The van der Waals surface area contributed by atoms with Gasteiger partial charge in [-0.3, -0.25) is 4.79 Å². The van der Waals surface area contributed by atoms with Gasteiger partial charge in [0.1, 0.15) is 0 Å². The van der Waals surface area contributed by atoms with Gasteiger partial charge < -0.3 is 4.90 Å². The van der Waals surface area contributed by atoms with Crippen LogP contribution in [0, 0.1) is 17.2 Å². The van der Waals surface area contributed by atoms with Crippen molar-refractivity contribution < 1.29 is 4.79 Å². The molecule has 1 saturated carbocycles. The van der Waals surface area contributed by atoms with Gasteiger partial charge in [0, 0.05) is 18.7 Å². The van der Waals surface area contributed by atoms with Crippen LogP contribution in [0.4, 0.5) is 0 Å². The maximum atomic E-state index is 12.6. The van der Waals surface area contributed by atoms with Crippen molar-refractivity contribution in [3.8, 4) is 6.07 Å². The molecular formula is C18H22N2O. The lowest BCUT2D eigenvalue weighted by Crippen LogP contribution is -2.36. The molecule has 0 spiro atoms. The summed E-state index contributed by atoms with van der Waals surface area (Å²) in [5, 5.41) is 8.82. The second kappa shape index (κ2) is 7.64. The van der Waals surface area contributed by atoms with Crippen LogP contribution >= 0.6 is 0 Å². The standard InChI is InChI=1S/C18H22N2O/c1-2-12-20(14-16-6-4-3-5-7-16)18(21)17-10-8-15(13-19)9-11-17/h2,8-11,16H,1,3-7,12,14H2. The summed E-state index contributed by atoms with van der Waals surface area (Å²) in [5.74, 6) is 0.644. The van der Waals surface area contributed by atoms with Crippen LogP contribution in [0.2, 0.25) is 0 Å². The van der Waals surface area contributed by atoms with Crippen LogP contribution in [0.3, 0.4) is 0 Å². The zero-order valence-electron chi connectivity index (χ0n) is 12.4. The molecule has 3 nitrogen and oxygen atoms in total. The van der Waals surface area contributed by atoms with Gasteiger partial charge >= 0.3 is 0 Å². The summed E-state index contributed by atoms with van der Waals surface area (Å²) in [6, 6.07) is 8.93. The Bertz CT molecular complexity index is 521. The maximum absolute atomic E-state index is 12.6. The molecule has 1 aliphatic rings. The number of hydrogen-bond donors (Lipinski definition) is 0. The smallest absolute Gasteiger partial charge is 0.254 e. The van der Waals surface area contributed by atoms with Crippen molar-refractivity contribution >= 4 is 5.91 Å². The quantitative estimate of drug-likeness (QED) is 0.772. The lowest BCUT2D eigenvalue weighted by atomic mass is 9.89. The highest BCUT2D eigenvalue weighted by atomic mass is 16.2. The number of hydrogen-bond acceptors (Lipinski definition) is 2. The van der Waals surface area contributed by atoms with Gasteiger partial charge in [-0.2, -0.15) is 5.26 Å². The molecule has 2 rings (SSSR count). The summed E-state index contributed by atoms with van der Waals surface area (Å²) in [7, 11) is 0. The Morgan fingerprint density at radius 1 is 1.29 bits per heavy atom.